The Morgan fingerprint density at radius 2 is 2.00 bits per heavy atom. The van der Waals surface area contributed by atoms with Crippen LogP contribution in [0.1, 0.15) is 37.8 Å². The van der Waals surface area contributed by atoms with E-state index < -0.39 is 6.04 Å². The normalized spacial score (nSPS) is 20.3. The maximum atomic E-state index is 12.8. The smallest absolute Gasteiger partial charge is 0.248 e. The van der Waals surface area contributed by atoms with Gasteiger partial charge in [0.15, 0.2) is 0 Å². The molecule has 26 heavy (non-hydrogen) atoms. The number of para-hydroxylation sites is 1. The Hall–Kier alpha value is -2.63. The van der Waals surface area contributed by atoms with E-state index in [0.29, 0.717) is 18.7 Å². The number of aromatic nitrogens is 2. The molecule has 2 fully saturated rings. The van der Waals surface area contributed by atoms with E-state index in [1.54, 1.807) is 16.6 Å². The van der Waals surface area contributed by atoms with Gasteiger partial charge in [-0.15, -0.1) is 0 Å². The van der Waals surface area contributed by atoms with Crippen molar-refractivity contribution in [2.24, 2.45) is 5.92 Å². The molecule has 1 aromatic heterocycles. The molecule has 0 bridgehead atoms. The highest BCUT2D eigenvalue weighted by Crippen LogP contribution is 2.33. The zero-order valence-corrected chi connectivity index (χ0v) is 15.0. The van der Waals surface area contributed by atoms with Gasteiger partial charge in [0, 0.05) is 19.5 Å². The van der Waals surface area contributed by atoms with E-state index in [1.807, 2.05) is 36.4 Å². The average Bonchev–Trinajstić information content (AvgIpc) is 3.37. The highest BCUT2D eigenvalue weighted by Gasteiger charge is 2.31. The molecule has 1 saturated heterocycles. The molecule has 1 atom stereocenters. The molecule has 1 aliphatic heterocycles. The summed E-state index contributed by atoms with van der Waals surface area (Å²) in [6.45, 7) is 0. The van der Waals surface area contributed by atoms with Crippen molar-refractivity contribution in [2.45, 2.75) is 44.6 Å². The maximum Gasteiger partial charge on any atom is 0.248 e. The van der Waals surface area contributed by atoms with Crippen molar-refractivity contribution in [2.75, 3.05) is 12.4 Å². The van der Waals surface area contributed by atoms with E-state index in [-0.39, 0.29) is 11.8 Å². The Labute approximate surface area is 153 Å². The zero-order chi connectivity index (χ0) is 18.1. The van der Waals surface area contributed by atoms with E-state index in [4.69, 9.17) is 5.10 Å². The third-order valence-electron chi connectivity index (χ3n) is 5.24. The molecule has 0 spiro atoms. The monoisotopic (exact) mass is 352 g/mol. The van der Waals surface area contributed by atoms with Gasteiger partial charge in [0.05, 0.1) is 11.4 Å². The van der Waals surface area contributed by atoms with Crippen LogP contribution in [0.2, 0.25) is 0 Å². The van der Waals surface area contributed by atoms with Gasteiger partial charge in [-0.25, -0.2) is 4.68 Å². The molecule has 0 radical (unpaired) electrons. The lowest BCUT2D eigenvalue weighted by Gasteiger charge is -2.31. The predicted molar refractivity (Wildman–Crippen MR) is 99.0 cm³/mol. The third-order valence-corrected chi connectivity index (χ3v) is 5.24. The van der Waals surface area contributed by atoms with Crippen LogP contribution in [0.4, 0.5) is 5.82 Å². The van der Waals surface area contributed by atoms with Crippen molar-refractivity contribution in [3.05, 3.63) is 42.1 Å². The topological polar surface area (TPSA) is 67.2 Å². The second-order valence-electron chi connectivity index (χ2n) is 7.32. The number of benzene rings is 1. The van der Waals surface area contributed by atoms with E-state index in [0.717, 1.165) is 30.1 Å². The Kier molecular flexibility index (Phi) is 4.49. The summed E-state index contributed by atoms with van der Waals surface area (Å²) in [6, 6.07) is 11.4. The summed E-state index contributed by atoms with van der Waals surface area (Å²) in [7, 11) is 1.71. The number of nitrogens with zero attached hydrogens (tertiary/aromatic N) is 3. The summed E-state index contributed by atoms with van der Waals surface area (Å²) in [5, 5.41) is 7.73. The van der Waals surface area contributed by atoms with Gasteiger partial charge in [-0.1, -0.05) is 18.2 Å². The minimum Gasteiger partial charge on any atom is -0.334 e. The number of likely N-dealkylation sites (tertiary alicyclic amines) is 1. The van der Waals surface area contributed by atoms with Crippen molar-refractivity contribution in [1.29, 1.82) is 0 Å². The average molecular weight is 352 g/mol. The molecular weight excluding hydrogens is 328 g/mol. The highest BCUT2D eigenvalue weighted by molar-refractivity contribution is 5.97. The van der Waals surface area contributed by atoms with Gasteiger partial charge < -0.3 is 10.2 Å². The molecule has 6 heteroatoms. The number of anilines is 1. The summed E-state index contributed by atoms with van der Waals surface area (Å²) in [6.07, 6.45) is 5.44. The molecule has 136 valence electrons. The number of likely N-dealkylation sites (N-methyl/N-ethyl adjacent to an activating group) is 1. The molecule has 6 nitrogen and oxygen atoms in total. The van der Waals surface area contributed by atoms with Crippen LogP contribution in [0.25, 0.3) is 5.69 Å². The first-order valence-electron chi connectivity index (χ1n) is 9.32. The lowest BCUT2D eigenvalue weighted by Crippen LogP contribution is -2.47. The molecular formula is C20H24N4O2. The fourth-order valence-electron chi connectivity index (χ4n) is 3.51. The van der Waals surface area contributed by atoms with E-state index >= 15 is 0 Å². The van der Waals surface area contributed by atoms with Crippen LogP contribution in [-0.2, 0) is 16.0 Å². The lowest BCUT2D eigenvalue weighted by atomic mass is 10.0. The number of amides is 2. The quantitative estimate of drug-likeness (QED) is 0.900. The zero-order valence-electron chi connectivity index (χ0n) is 15.0. The fourth-order valence-corrected chi connectivity index (χ4v) is 3.51. The molecule has 1 aliphatic carbocycles. The molecule has 2 aromatic rings. The number of carbonyl (C=O) groups excluding carboxylic acids is 2. The van der Waals surface area contributed by atoms with Crippen LogP contribution in [0.5, 0.6) is 0 Å². The number of carbonyl (C=O) groups is 2. The van der Waals surface area contributed by atoms with Crippen molar-refractivity contribution in [3.8, 4) is 5.69 Å². The second kappa shape index (κ2) is 6.94. The lowest BCUT2D eigenvalue weighted by molar-refractivity contribution is -0.140. The summed E-state index contributed by atoms with van der Waals surface area (Å²) in [4.78, 5) is 26.3. The highest BCUT2D eigenvalue weighted by atomic mass is 16.2. The number of rotatable bonds is 5. The standard InChI is InChI=1S/C20H24N4O2/c1-23-17(8-5-9-19(23)25)20(26)21-18-13-15(12-14-10-11-14)22-24(18)16-6-3-2-4-7-16/h2-4,6-7,13-14,17H,5,8-12H2,1H3,(H,21,26). The SMILES string of the molecule is CN1C(=O)CCCC1C(=O)Nc1cc(CC2CC2)nn1-c1ccccc1. The first-order chi connectivity index (χ1) is 12.6. The largest absolute Gasteiger partial charge is 0.334 e. The summed E-state index contributed by atoms with van der Waals surface area (Å²) >= 11 is 0. The van der Waals surface area contributed by atoms with Gasteiger partial charge >= 0.3 is 0 Å². The Morgan fingerprint density at radius 1 is 1.23 bits per heavy atom. The van der Waals surface area contributed by atoms with Gasteiger partial charge in [0.2, 0.25) is 11.8 Å². The van der Waals surface area contributed by atoms with Gasteiger partial charge in [-0.05, 0) is 50.2 Å². The van der Waals surface area contributed by atoms with Crippen LogP contribution in [0.15, 0.2) is 36.4 Å². The summed E-state index contributed by atoms with van der Waals surface area (Å²) in [5.74, 6) is 1.28. The molecule has 1 aromatic carbocycles. The first-order valence-corrected chi connectivity index (χ1v) is 9.32. The Balaban J connectivity index is 1.59. The minimum atomic E-state index is -0.415. The van der Waals surface area contributed by atoms with E-state index in [9.17, 15) is 9.59 Å². The number of nitrogens with one attached hydrogen (secondary N) is 1. The summed E-state index contributed by atoms with van der Waals surface area (Å²) < 4.78 is 1.79. The van der Waals surface area contributed by atoms with Crippen molar-refractivity contribution in [3.63, 3.8) is 0 Å². The van der Waals surface area contributed by atoms with Crippen LogP contribution in [0.3, 0.4) is 0 Å². The van der Waals surface area contributed by atoms with E-state index in [1.165, 1.54) is 12.8 Å². The molecule has 4 rings (SSSR count). The molecule has 1 unspecified atom stereocenters. The van der Waals surface area contributed by atoms with E-state index in [2.05, 4.69) is 5.32 Å². The van der Waals surface area contributed by atoms with Crippen LogP contribution in [0, 0.1) is 5.92 Å². The van der Waals surface area contributed by atoms with Gasteiger partial charge in [-0.3, -0.25) is 9.59 Å². The minimum absolute atomic E-state index is 0.0300. The third kappa shape index (κ3) is 3.49. The number of hydrogen-bond donors (Lipinski definition) is 1. The summed E-state index contributed by atoms with van der Waals surface area (Å²) in [5.41, 5.74) is 1.91. The predicted octanol–water partition coefficient (Wildman–Crippen LogP) is 2.77. The van der Waals surface area contributed by atoms with Gasteiger partial charge in [0.25, 0.3) is 0 Å². The molecule has 2 heterocycles. The maximum absolute atomic E-state index is 12.8. The van der Waals surface area contributed by atoms with Crippen molar-refractivity contribution in [1.82, 2.24) is 14.7 Å². The van der Waals surface area contributed by atoms with Crippen LogP contribution < -0.4 is 5.32 Å². The molecule has 1 N–H and O–H groups in total. The Morgan fingerprint density at radius 3 is 2.73 bits per heavy atom. The van der Waals surface area contributed by atoms with Gasteiger partial charge in [-0.2, -0.15) is 5.10 Å². The molecule has 2 aliphatic rings. The van der Waals surface area contributed by atoms with Gasteiger partial charge in [0.1, 0.15) is 11.9 Å². The number of piperidine rings is 1. The Bertz CT molecular complexity index is 810. The fraction of sp³-hybridized carbons (Fsp3) is 0.450. The molecule has 2 amide bonds. The van der Waals surface area contributed by atoms with Crippen molar-refractivity contribution < 1.29 is 9.59 Å². The van der Waals surface area contributed by atoms with Crippen LogP contribution >= 0.6 is 0 Å². The first kappa shape index (κ1) is 16.8. The van der Waals surface area contributed by atoms with Crippen LogP contribution in [-0.4, -0.2) is 39.6 Å². The van der Waals surface area contributed by atoms with Crippen molar-refractivity contribution >= 4 is 17.6 Å². The molecule has 1 saturated carbocycles. The number of hydrogen-bond acceptors (Lipinski definition) is 3. The second-order valence-corrected chi connectivity index (χ2v) is 7.32.